The van der Waals surface area contributed by atoms with E-state index >= 15 is 0 Å². The van der Waals surface area contributed by atoms with Gasteiger partial charge in [-0.25, -0.2) is 4.39 Å². The summed E-state index contributed by atoms with van der Waals surface area (Å²) in [7, 11) is 1.66. The number of ether oxygens (including phenoxy) is 1. The molecule has 3 aliphatic heterocycles. The van der Waals surface area contributed by atoms with Gasteiger partial charge >= 0.3 is 0 Å². The Kier molecular flexibility index (Phi) is 14.3. The van der Waals surface area contributed by atoms with E-state index in [2.05, 4.69) is 72.7 Å². The maximum Gasteiger partial charge on any atom is 0.142 e. The van der Waals surface area contributed by atoms with E-state index in [1.54, 1.807) is 19.2 Å². The van der Waals surface area contributed by atoms with Crippen molar-refractivity contribution >= 4 is 28.7 Å². The van der Waals surface area contributed by atoms with Crippen molar-refractivity contribution in [2.45, 2.75) is 115 Å². The van der Waals surface area contributed by atoms with Gasteiger partial charge in [0.05, 0.1) is 23.5 Å². The zero-order valence-corrected chi connectivity index (χ0v) is 40.0. The zero-order chi connectivity index (χ0) is 43.6. The van der Waals surface area contributed by atoms with E-state index in [4.69, 9.17) is 16.3 Å². The third-order valence-corrected chi connectivity index (χ3v) is 18.5. The number of para-hydroxylation sites is 2. The fourth-order valence-corrected chi connectivity index (χ4v) is 15.0. The summed E-state index contributed by atoms with van der Waals surface area (Å²) in [5, 5.41) is 0.891. The molecule has 9 heteroatoms. The smallest absolute Gasteiger partial charge is 0.142 e. The van der Waals surface area contributed by atoms with Gasteiger partial charge in [0.2, 0.25) is 0 Å². The summed E-state index contributed by atoms with van der Waals surface area (Å²) >= 11 is 6.34. The van der Waals surface area contributed by atoms with Crippen molar-refractivity contribution in [2.24, 2.45) is 35.5 Å². The SMILES string of the molecule is CCc1ccccc1N1CCN(C2CC3CCC2C3)CC1.COc1ccc(F)cc1N1CCN(C2CC3CCC2C3)CC1.Clc1ccccc1N1CCN(C2CCC3CCC2C3)CC1. The van der Waals surface area contributed by atoms with Crippen molar-refractivity contribution in [3.63, 3.8) is 0 Å². The molecule has 3 saturated heterocycles. The molecular formula is C55H78ClFN6O. The van der Waals surface area contributed by atoms with Gasteiger partial charge in [0.25, 0.3) is 0 Å². The molecule has 3 heterocycles. The molecule has 9 atom stereocenters. The number of hydrogen-bond donors (Lipinski definition) is 0. The Morgan fingerprint density at radius 3 is 1.52 bits per heavy atom. The van der Waals surface area contributed by atoms with Gasteiger partial charge in [-0.15, -0.1) is 0 Å². The molecule has 9 unspecified atom stereocenters. The van der Waals surface area contributed by atoms with Crippen LogP contribution < -0.4 is 19.4 Å². The molecule has 3 aromatic carbocycles. The van der Waals surface area contributed by atoms with E-state index in [9.17, 15) is 4.39 Å². The van der Waals surface area contributed by atoms with Crippen LogP contribution in [0.5, 0.6) is 5.75 Å². The molecule has 0 N–H and O–H groups in total. The fourth-order valence-electron chi connectivity index (χ4n) is 14.8. The van der Waals surface area contributed by atoms with Gasteiger partial charge in [-0.05, 0) is 142 Å². The van der Waals surface area contributed by atoms with E-state index in [0.29, 0.717) is 0 Å². The molecule has 0 radical (unpaired) electrons. The number of aryl methyl sites for hydroxylation is 1. The predicted octanol–water partition coefficient (Wildman–Crippen LogP) is 10.7. The molecule has 64 heavy (non-hydrogen) atoms. The molecule has 6 bridgehead atoms. The molecule has 9 fully saturated rings. The van der Waals surface area contributed by atoms with E-state index < -0.39 is 0 Å². The van der Waals surface area contributed by atoms with Crippen LogP contribution in [0.1, 0.15) is 96.0 Å². The quantitative estimate of drug-likeness (QED) is 0.223. The van der Waals surface area contributed by atoms with E-state index in [1.165, 1.54) is 146 Å². The topological polar surface area (TPSA) is 28.7 Å². The first-order valence-electron chi connectivity index (χ1n) is 26.0. The van der Waals surface area contributed by atoms with Crippen LogP contribution in [-0.2, 0) is 6.42 Å². The minimum atomic E-state index is -0.189. The highest BCUT2D eigenvalue weighted by Gasteiger charge is 2.44. The molecule has 0 aromatic heterocycles. The highest BCUT2D eigenvalue weighted by Crippen LogP contribution is 2.48. The molecule has 348 valence electrons. The Morgan fingerprint density at radius 1 is 0.500 bits per heavy atom. The summed E-state index contributed by atoms with van der Waals surface area (Å²) in [6.07, 6.45) is 20.4. The number of fused-ring (bicyclic) bond motifs is 6. The van der Waals surface area contributed by atoms with Crippen molar-refractivity contribution in [3.8, 4) is 5.75 Å². The van der Waals surface area contributed by atoms with Gasteiger partial charge in [0, 0.05) is 108 Å². The molecule has 7 nitrogen and oxygen atoms in total. The number of piperazine rings is 3. The molecule has 0 amide bonds. The van der Waals surface area contributed by atoms with Gasteiger partial charge < -0.3 is 19.4 Å². The Bertz CT molecular complexity index is 1980. The van der Waals surface area contributed by atoms with Crippen molar-refractivity contribution in [2.75, 3.05) is 100 Å². The minimum Gasteiger partial charge on any atom is -0.495 e. The van der Waals surface area contributed by atoms with E-state index in [1.807, 2.05) is 12.1 Å². The van der Waals surface area contributed by atoms with Gasteiger partial charge in [0.1, 0.15) is 11.6 Å². The fraction of sp³-hybridized carbons (Fsp3) is 0.673. The Balaban J connectivity index is 0.000000114. The monoisotopic (exact) mass is 893 g/mol. The lowest BCUT2D eigenvalue weighted by Crippen LogP contribution is -2.52. The first-order valence-corrected chi connectivity index (χ1v) is 26.4. The Hall–Kier alpha value is -3.04. The van der Waals surface area contributed by atoms with Crippen LogP contribution in [0.25, 0.3) is 0 Å². The lowest BCUT2D eigenvalue weighted by atomic mass is 9.84. The second kappa shape index (κ2) is 20.4. The maximum atomic E-state index is 13.6. The van der Waals surface area contributed by atoms with Crippen LogP contribution in [0.2, 0.25) is 5.02 Å². The second-order valence-corrected chi connectivity index (χ2v) is 21.8. The first kappa shape index (κ1) is 44.8. The maximum absolute atomic E-state index is 13.6. The van der Waals surface area contributed by atoms with E-state index in [0.717, 1.165) is 116 Å². The van der Waals surface area contributed by atoms with Crippen LogP contribution in [0.4, 0.5) is 21.5 Å². The standard InChI is InChI=1S/C19H28N2.C18H25ClN2.C18H25FN2O/c1-2-16-5-3-4-6-18(16)20-9-11-21(12-10-20)19-14-15-7-8-17(19)13-15;19-16-3-1-2-4-18(16)21-11-9-20(10-12-21)17-8-6-14-5-7-15(17)13-14;1-22-18-5-4-15(19)12-17(18)21-8-6-20(7-9-21)16-11-13-2-3-14(16)10-13/h3-6,15,17,19H,2,7-14H2,1H3;1-4,14-15,17H,5-13H2;4-5,12-14,16H,2-3,6-11H2,1H3. The zero-order valence-electron chi connectivity index (χ0n) is 39.3. The summed E-state index contributed by atoms with van der Waals surface area (Å²) < 4.78 is 19.0. The van der Waals surface area contributed by atoms with Gasteiger partial charge in [-0.3, -0.25) is 14.7 Å². The van der Waals surface area contributed by atoms with Crippen LogP contribution in [0.15, 0.2) is 66.7 Å². The summed E-state index contributed by atoms with van der Waals surface area (Å²) in [4.78, 5) is 15.6. The third kappa shape index (κ3) is 9.83. The summed E-state index contributed by atoms with van der Waals surface area (Å²) in [6.45, 7) is 16.0. The molecule has 6 aliphatic carbocycles. The van der Waals surface area contributed by atoms with Crippen LogP contribution in [0, 0.1) is 41.3 Å². The normalized spacial score (nSPS) is 32.6. The van der Waals surface area contributed by atoms with Crippen molar-refractivity contribution in [1.29, 1.82) is 0 Å². The van der Waals surface area contributed by atoms with Crippen molar-refractivity contribution in [3.05, 3.63) is 83.1 Å². The minimum absolute atomic E-state index is 0.189. The lowest BCUT2D eigenvalue weighted by Gasteiger charge is -2.44. The van der Waals surface area contributed by atoms with Gasteiger partial charge in [-0.1, -0.05) is 68.1 Å². The highest BCUT2D eigenvalue weighted by atomic mass is 35.5. The van der Waals surface area contributed by atoms with Crippen LogP contribution in [-0.4, -0.2) is 118 Å². The number of benzene rings is 3. The average molecular weight is 894 g/mol. The van der Waals surface area contributed by atoms with Crippen molar-refractivity contribution in [1.82, 2.24) is 14.7 Å². The highest BCUT2D eigenvalue weighted by molar-refractivity contribution is 6.33. The number of nitrogens with zero attached hydrogens (tertiary/aromatic N) is 6. The number of hydrogen-bond acceptors (Lipinski definition) is 7. The number of rotatable bonds is 8. The average Bonchev–Trinajstić information content (AvgIpc) is 4.23. The van der Waals surface area contributed by atoms with Gasteiger partial charge in [-0.2, -0.15) is 0 Å². The molecule has 3 aromatic rings. The predicted molar refractivity (Wildman–Crippen MR) is 264 cm³/mol. The largest absolute Gasteiger partial charge is 0.495 e. The molecule has 0 spiro atoms. The Morgan fingerprint density at radius 2 is 0.969 bits per heavy atom. The van der Waals surface area contributed by atoms with Crippen LogP contribution >= 0.6 is 11.6 Å². The molecular weight excluding hydrogens is 815 g/mol. The third-order valence-electron chi connectivity index (χ3n) is 18.1. The number of methoxy groups -OCH3 is 1. The molecule has 6 saturated carbocycles. The second-order valence-electron chi connectivity index (χ2n) is 21.4. The number of halogens is 2. The van der Waals surface area contributed by atoms with E-state index in [-0.39, 0.29) is 5.82 Å². The number of anilines is 3. The molecule has 9 aliphatic rings. The van der Waals surface area contributed by atoms with Crippen molar-refractivity contribution < 1.29 is 9.13 Å². The Labute approximate surface area is 390 Å². The lowest BCUT2D eigenvalue weighted by molar-refractivity contribution is 0.103. The van der Waals surface area contributed by atoms with Gasteiger partial charge in [0.15, 0.2) is 0 Å². The summed E-state index contributed by atoms with van der Waals surface area (Å²) in [5.41, 5.74) is 5.09. The molecule has 12 rings (SSSR count). The van der Waals surface area contributed by atoms with Crippen LogP contribution in [0.3, 0.4) is 0 Å². The first-order chi connectivity index (χ1) is 31.4. The summed E-state index contributed by atoms with van der Waals surface area (Å²) in [6, 6.07) is 24.6. The summed E-state index contributed by atoms with van der Waals surface area (Å²) in [5.74, 6) is 6.69.